The molecule has 1 N–H and O–H groups in total. The molecule has 0 aromatic heterocycles. The number of hydrogen-bond acceptors (Lipinski definition) is 1. The Labute approximate surface area is 134 Å². The van der Waals surface area contributed by atoms with Crippen LogP contribution in [0.5, 0.6) is 0 Å². The van der Waals surface area contributed by atoms with Gasteiger partial charge in [0.25, 0.3) is 0 Å². The van der Waals surface area contributed by atoms with Gasteiger partial charge in [-0.1, -0.05) is 19.1 Å². The fraction of sp³-hybridized carbons (Fsp3) is 0.850. The van der Waals surface area contributed by atoms with Gasteiger partial charge >= 0.3 is 5.97 Å². The predicted octanol–water partition coefficient (Wildman–Crippen LogP) is 5.04. The van der Waals surface area contributed by atoms with Crippen molar-refractivity contribution in [2.45, 2.75) is 71.6 Å². The lowest BCUT2D eigenvalue weighted by atomic mass is 9.43. The van der Waals surface area contributed by atoms with E-state index >= 15 is 0 Å². The molecule has 0 radical (unpaired) electrons. The van der Waals surface area contributed by atoms with Crippen LogP contribution in [0, 0.1) is 34.0 Å². The molecule has 2 bridgehead atoms. The van der Waals surface area contributed by atoms with Crippen LogP contribution in [-0.2, 0) is 4.79 Å². The van der Waals surface area contributed by atoms with Gasteiger partial charge in [0.1, 0.15) is 0 Å². The van der Waals surface area contributed by atoms with E-state index in [2.05, 4.69) is 13.5 Å². The van der Waals surface area contributed by atoms with Crippen LogP contribution in [0.2, 0.25) is 0 Å². The van der Waals surface area contributed by atoms with Crippen molar-refractivity contribution in [3.05, 3.63) is 12.2 Å². The maximum Gasteiger partial charge on any atom is 0.309 e. The van der Waals surface area contributed by atoms with E-state index in [-0.39, 0.29) is 0 Å². The van der Waals surface area contributed by atoms with Gasteiger partial charge in [0.15, 0.2) is 0 Å². The zero-order chi connectivity index (χ0) is 15.8. The van der Waals surface area contributed by atoms with Crippen molar-refractivity contribution in [3.8, 4) is 0 Å². The summed E-state index contributed by atoms with van der Waals surface area (Å²) >= 11 is 0. The molecule has 4 aliphatic carbocycles. The van der Waals surface area contributed by atoms with Gasteiger partial charge < -0.3 is 5.11 Å². The number of carboxylic acids is 1. The van der Waals surface area contributed by atoms with Gasteiger partial charge in [-0.3, -0.25) is 4.79 Å². The number of allylic oxidation sites excluding steroid dienone is 1. The molecule has 0 aromatic rings. The van der Waals surface area contributed by atoms with Gasteiger partial charge in [-0.25, -0.2) is 0 Å². The highest BCUT2D eigenvalue weighted by molar-refractivity contribution is 5.74. The number of rotatable bonds is 1. The van der Waals surface area contributed by atoms with Crippen LogP contribution in [0.3, 0.4) is 0 Å². The van der Waals surface area contributed by atoms with Crippen molar-refractivity contribution >= 4 is 5.97 Å². The molecule has 1 spiro atoms. The van der Waals surface area contributed by atoms with Crippen LogP contribution in [-0.4, -0.2) is 11.1 Å². The molecule has 4 aliphatic rings. The van der Waals surface area contributed by atoms with Crippen LogP contribution < -0.4 is 0 Å². The van der Waals surface area contributed by atoms with Crippen molar-refractivity contribution in [2.75, 3.05) is 0 Å². The molecule has 2 heteroatoms. The highest BCUT2D eigenvalue weighted by atomic mass is 16.4. The second-order valence-electron chi connectivity index (χ2n) is 9.54. The Morgan fingerprint density at radius 3 is 2.64 bits per heavy atom. The van der Waals surface area contributed by atoms with E-state index in [1.807, 2.05) is 6.92 Å². The minimum atomic E-state index is -0.576. The van der Waals surface area contributed by atoms with Gasteiger partial charge in [-0.05, 0) is 93.3 Å². The summed E-state index contributed by atoms with van der Waals surface area (Å²) in [4.78, 5) is 11.7. The van der Waals surface area contributed by atoms with Crippen LogP contribution in [0.4, 0.5) is 0 Å². The number of aliphatic carboxylic acids is 1. The molecule has 4 rings (SSSR count). The summed E-state index contributed by atoms with van der Waals surface area (Å²) in [5.41, 5.74) is 1.95. The van der Waals surface area contributed by atoms with Crippen molar-refractivity contribution in [1.82, 2.24) is 0 Å². The summed E-state index contributed by atoms with van der Waals surface area (Å²) in [7, 11) is 0. The van der Waals surface area contributed by atoms with Crippen LogP contribution in [0.15, 0.2) is 12.2 Å². The van der Waals surface area contributed by atoms with Crippen LogP contribution >= 0.6 is 0 Å². The molecule has 4 saturated carbocycles. The Morgan fingerprint density at radius 1 is 1.14 bits per heavy atom. The molecule has 0 aliphatic heterocycles. The standard InChI is InChI=1S/C20H30O2/c1-13-10-20-7-6-15-12-18(2,17(21)22)8-9-19(15,3)16(20)5-4-14(13)11-20/h14-16H,1,4-12H2,2-3H3,(H,21,22). The summed E-state index contributed by atoms with van der Waals surface area (Å²) in [6.07, 6.45) is 10.8. The lowest BCUT2D eigenvalue weighted by Crippen LogP contribution is -2.54. The second-order valence-corrected chi connectivity index (χ2v) is 9.54. The Hall–Kier alpha value is -0.790. The first-order valence-corrected chi connectivity index (χ1v) is 9.20. The van der Waals surface area contributed by atoms with Crippen molar-refractivity contribution in [1.29, 1.82) is 0 Å². The van der Waals surface area contributed by atoms with Crippen molar-refractivity contribution < 1.29 is 9.90 Å². The lowest BCUT2D eigenvalue weighted by molar-refractivity contribution is -0.164. The maximum absolute atomic E-state index is 11.7. The fourth-order valence-electron chi connectivity index (χ4n) is 7.12. The van der Waals surface area contributed by atoms with Gasteiger partial charge in [-0.15, -0.1) is 0 Å². The molecular weight excluding hydrogens is 272 g/mol. The zero-order valence-electron chi connectivity index (χ0n) is 14.2. The number of carbonyl (C=O) groups is 1. The van der Waals surface area contributed by atoms with E-state index in [4.69, 9.17) is 0 Å². The zero-order valence-corrected chi connectivity index (χ0v) is 14.2. The SMILES string of the molecule is C=C1CC23CCC4CC(C)(C(=O)O)CCC4(C)C2CCC1C3. The lowest BCUT2D eigenvalue weighted by Gasteiger charge is -2.61. The topological polar surface area (TPSA) is 37.3 Å². The molecule has 6 unspecified atom stereocenters. The smallest absolute Gasteiger partial charge is 0.309 e. The number of carboxylic acid groups (broad SMARTS) is 1. The van der Waals surface area contributed by atoms with Crippen LogP contribution in [0.25, 0.3) is 0 Å². The Balaban J connectivity index is 1.65. The summed E-state index contributed by atoms with van der Waals surface area (Å²) in [5, 5.41) is 9.63. The quantitative estimate of drug-likeness (QED) is 0.689. The van der Waals surface area contributed by atoms with E-state index in [0.29, 0.717) is 16.7 Å². The van der Waals surface area contributed by atoms with E-state index < -0.39 is 11.4 Å². The molecule has 6 atom stereocenters. The van der Waals surface area contributed by atoms with Crippen molar-refractivity contribution in [2.24, 2.45) is 34.0 Å². The van der Waals surface area contributed by atoms with Gasteiger partial charge in [0.05, 0.1) is 5.41 Å². The largest absolute Gasteiger partial charge is 0.481 e. The third-order valence-electron chi connectivity index (χ3n) is 8.50. The molecule has 0 heterocycles. The monoisotopic (exact) mass is 302 g/mol. The van der Waals surface area contributed by atoms with E-state index in [1.165, 1.54) is 44.1 Å². The average molecular weight is 302 g/mol. The van der Waals surface area contributed by atoms with Gasteiger partial charge in [0.2, 0.25) is 0 Å². The molecule has 0 aromatic carbocycles. The van der Waals surface area contributed by atoms with Crippen LogP contribution in [0.1, 0.15) is 71.6 Å². The highest BCUT2D eigenvalue weighted by Crippen LogP contribution is 2.71. The summed E-state index contributed by atoms with van der Waals surface area (Å²) in [6, 6.07) is 0. The minimum Gasteiger partial charge on any atom is -0.481 e. The Bertz CT molecular complexity index is 538. The first kappa shape index (κ1) is 14.8. The summed E-state index contributed by atoms with van der Waals surface area (Å²) in [5.74, 6) is 1.65. The molecule has 122 valence electrons. The average Bonchev–Trinajstić information content (AvgIpc) is 2.70. The normalized spacial score (nSPS) is 53.7. The molecule has 22 heavy (non-hydrogen) atoms. The highest BCUT2D eigenvalue weighted by Gasteiger charge is 2.62. The third kappa shape index (κ3) is 1.76. The van der Waals surface area contributed by atoms with E-state index in [9.17, 15) is 9.90 Å². The maximum atomic E-state index is 11.7. The first-order valence-electron chi connectivity index (χ1n) is 9.20. The molecule has 0 amide bonds. The van der Waals surface area contributed by atoms with E-state index in [1.54, 1.807) is 0 Å². The third-order valence-corrected chi connectivity index (χ3v) is 8.50. The number of fused-ring (bicyclic) bond motifs is 3. The summed E-state index contributed by atoms with van der Waals surface area (Å²) in [6.45, 7) is 8.86. The molecule has 2 nitrogen and oxygen atoms in total. The van der Waals surface area contributed by atoms with Gasteiger partial charge in [0, 0.05) is 0 Å². The van der Waals surface area contributed by atoms with E-state index in [0.717, 1.165) is 31.1 Å². The summed E-state index contributed by atoms with van der Waals surface area (Å²) < 4.78 is 0. The molecular formula is C20H30O2. The molecule has 0 saturated heterocycles. The fourth-order valence-corrected chi connectivity index (χ4v) is 7.12. The van der Waals surface area contributed by atoms with Gasteiger partial charge in [-0.2, -0.15) is 0 Å². The molecule has 4 fully saturated rings. The first-order chi connectivity index (χ1) is 10.3. The minimum absolute atomic E-state index is 0.378. The van der Waals surface area contributed by atoms with Crippen molar-refractivity contribution in [3.63, 3.8) is 0 Å². The Kier molecular flexibility index (Phi) is 2.95. The Morgan fingerprint density at radius 2 is 1.91 bits per heavy atom. The predicted molar refractivity (Wildman–Crippen MR) is 87.4 cm³/mol. The number of hydrogen-bond donors (Lipinski definition) is 1. The second kappa shape index (κ2) is 4.39.